The molecule has 0 atom stereocenters. The second-order valence-corrected chi connectivity index (χ2v) is 3.94. The second kappa shape index (κ2) is 8.82. The maximum Gasteiger partial charge on any atom is 0.296 e. The van der Waals surface area contributed by atoms with Crippen LogP contribution >= 0.6 is 11.6 Å². The van der Waals surface area contributed by atoms with Crippen LogP contribution in [0.5, 0.6) is 0 Å². The topological polar surface area (TPSA) is 68.3 Å². The second-order valence-electron chi connectivity index (χ2n) is 3.60. The van der Waals surface area contributed by atoms with Gasteiger partial charge in [0.05, 0.1) is 0 Å². The maximum atomic E-state index is 11.2. The Morgan fingerprint density at radius 3 is 2.06 bits per heavy atom. The molecule has 0 spiro atoms. The van der Waals surface area contributed by atoms with Crippen molar-refractivity contribution in [2.24, 2.45) is 0 Å². The summed E-state index contributed by atoms with van der Waals surface area (Å²) in [4.78, 5) is 43.4. The molecule has 0 bridgehead atoms. The van der Waals surface area contributed by atoms with Gasteiger partial charge in [0.1, 0.15) is 0 Å². The first kappa shape index (κ1) is 15.7. The third-order valence-corrected chi connectivity index (χ3v) is 2.37. The largest absolute Gasteiger partial charge is 0.296 e. The zero-order valence-corrected chi connectivity index (χ0v) is 10.3. The summed E-state index contributed by atoms with van der Waals surface area (Å²) in [5.74, 6) is -3.59. The number of halogens is 1. The molecular weight excluding hydrogens is 244 g/mol. The van der Waals surface area contributed by atoms with E-state index in [1.165, 1.54) is 0 Å². The lowest BCUT2D eigenvalue weighted by atomic mass is 10.0. The Bertz CT molecular complexity index is 333. The van der Waals surface area contributed by atoms with Crippen molar-refractivity contribution in [3.63, 3.8) is 0 Å². The number of hydrogen-bond donors (Lipinski definition) is 0. The van der Waals surface area contributed by atoms with E-state index in [0.717, 1.165) is 25.7 Å². The molecule has 0 aliphatic heterocycles. The van der Waals surface area contributed by atoms with Gasteiger partial charge in [-0.2, -0.15) is 0 Å². The first-order valence-electron chi connectivity index (χ1n) is 5.43. The Morgan fingerprint density at radius 2 is 1.53 bits per heavy atom. The minimum absolute atomic E-state index is 0.0111. The molecule has 0 aliphatic carbocycles. The summed E-state index contributed by atoms with van der Waals surface area (Å²) in [6, 6.07) is 0. The van der Waals surface area contributed by atoms with E-state index in [1.54, 1.807) is 0 Å². The molecule has 0 saturated carbocycles. The van der Waals surface area contributed by atoms with Crippen LogP contribution in [0.4, 0.5) is 0 Å². The summed E-state index contributed by atoms with van der Waals surface area (Å²) >= 11 is 4.81. The maximum absolute atomic E-state index is 11.2. The van der Waals surface area contributed by atoms with E-state index < -0.39 is 22.6 Å². The lowest BCUT2D eigenvalue weighted by Gasteiger charge is -1.98. The average Bonchev–Trinajstić information content (AvgIpc) is 2.31. The van der Waals surface area contributed by atoms with Crippen molar-refractivity contribution >= 4 is 34.2 Å². The Hall–Kier alpha value is -1.29. The summed E-state index contributed by atoms with van der Waals surface area (Å²) in [6.07, 6.45) is 6.00. The molecular formula is C12H15ClO4. The SMILES string of the molecule is C=CCCCCCCC(=O)C(=O)C(=O)C(=O)Cl. The van der Waals surface area contributed by atoms with Crippen molar-refractivity contribution in [3.05, 3.63) is 12.7 Å². The van der Waals surface area contributed by atoms with Crippen molar-refractivity contribution < 1.29 is 19.2 Å². The summed E-state index contributed by atoms with van der Waals surface area (Å²) in [5.41, 5.74) is 0. The molecule has 4 nitrogen and oxygen atoms in total. The fourth-order valence-corrected chi connectivity index (χ4v) is 1.34. The lowest BCUT2D eigenvalue weighted by molar-refractivity contribution is -0.146. The molecule has 0 fully saturated rings. The van der Waals surface area contributed by atoms with Crippen LogP contribution in [0.2, 0.25) is 0 Å². The van der Waals surface area contributed by atoms with Crippen molar-refractivity contribution in [2.75, 3.05) is 0 Å². The highest BCUT2D eigenvalue weighted by molar-refractivity contribution is 6.94. The normalized spacial score (nSPS) is 9.71. The Kier molecular flexibility index (Phi) is 8.15. The van der Waals surface area contributed by atoms with Crippen LogP contribution in [0, 0.1) is 0 Å². The standard InChI is InChI=1S/C12H15ClO4/c1-2-3-4-5-6-7-8-9(14)10(15)11(16)12(13)17/h2H,1,3-8H2. The third kappa shape index (κ3) is 6.79. The molecule has 0 aromatic rings. The molecule has 94 valence electrons. The van der Waals surface area contributed by atoms with Crippen molar-refractivity contribution in [2.45, 2.75) is 38.5 Å². The van der Waals surface area contributed by atoms with Crippen LogP contribution in [0.3, 0.4) is 0 Å². The van der Waals surface area contributed by atoms with Crippen LogP contribution in [0.15, 0.2) is 12.7 Å². The fourth-order valence-electron chi connectivity index (χ4n) is 1.26. The van der Waals surface area contributed by atoms with E-state index in [9.17, 15) is 19.2 Å². The van der Waals surface area contributed by atoms with Crippen LogP contribution in [0.1, 0.15) is 38.5 Å². The summed E-state index contributed by atoms with van der Waals surface area (Å²) in [6.45, 7) is 3.59. The van der Waals surface area contributed by atoms with Gasteiger partial charge in [-0.15, -0.1) is 6.58 Å². The summed E-state index contributed by atoms with van der Waals surface area (Å²) < 4.78 is 0. The van der Waals surface area contributed by atoms with E-state index in [0.29, 0.717) is 6.42 Å². The van der Waals surface area contributed by atoms with Gasteiger partial charge >= 0.3 is 0 Å². The van der Waals surface area contributed by atoms with Gasteiger partial charge in [-0.1, -0.05) is 18.9 Å². The molecule has 0 heterocycles. The first-order valence-corrected chi connectivity index (χ1v) is 5.80. The highest BCUT2D eigenvalue weighted by Crippen LogP contribution is 2.06. The number of hydrogen-bond acceptors (Lipinski definition) is 4. The predicted octanol–water partition coefficient (Wildman–Crippen LogP) is 1.99. The first-order chi connectivity index (χ1) is 8.00. The van der Waals surface area contributed by atoms with Crippen molar-refractivity contribution in [1.82, 2.24) is 0 Å². The van der Waals surface area contributed by atoms with Crippen LogP contribution < -0.4 is 0 Å². The quantitative estimate of drug-likeness (QED) is 0.198. The molecule has 0 rings (SSSR count). The van der Waals surface area contributed by atoms with Gasteiger partial charge in [0.25, 0.3) is 16.8 Å². The number of Topliss-reactive ketones (excluding diaryl/α,β-unsaturated/α-hetero) is 3. The molecule has 5 heteroatoms. The van der Waals surface area contributed by atoms with Crippen LogP contribution in [0.25, 0.3) is 0 Å². The van der Waals surface area contributed by atoms with Gasteiger partial charge in [0, 0.05) is 6.42 Å². The number of carbonyl (C=O) groups excluding carboxylic acids is 4. The van der Waals surface area contributed by atoms with Crippen molar-refractivity contribution in [1.29, 1.82) is 0 Å². The minimum Gasteiger partial charge on any atom is -0.290 e. The monoisotopic (exact) mass is 258 g/mol. The third-order valence-electron chi connectivity index (χ3n) is 2.20. The lowest BCUT2D eigenvalue weighted by Crippen LogP contribution is -2.27. The van der Waals surface area contributed by atoms with Gasteiger partial charge in [-0.3, -0.25) is 19.2 Å². The van der Waals surface area contributed by atoms with Gasteiger partial charge < -0.3 is 0 Å². The molecule has 0 aromatic heterocycles. The summed E-state index contributed by atoms with van der Waals surface area (Å²) in [5, 5.41) is -1.41. The average molecular weight is 259 g/mol. The Balaban J connectivity index is 3.79. The predicted molar refractivity (Wildman–Crippen MR) is 63.8 cm³/mol. The smallest absolute Gasteiger partial charge is 0.290 e. The number of allylic oxidation sites excluding steroid dienone is 1. The van der Waals surface area contributed by atoms with E-state index >= 15 is 0 Å². The molecule has 17 heavy (non-hydrogen) atoms. The summed E-state index contributed by atoms with van der Waals surface area (Å²) in [7, 11) is 0. The fraction of sp³-hybridized carbons (Fsp3) is 0.500. The molecule has 0 saturated heterocycles. The highest BCUT2D eigenvalue weighted by Gasteiger charge is 2.26. The van der Waals surface area contributed by atoms with E-state index in [4.69, 9.17) is 11.6 Å². The zero-order valence-electron chi connectivity index (χ0n) is 9.54. The van der Waals surface area contributed by atoms with E-state index in [-0.39, 0.29) is 6.42 Å². The highest BCUT2D eigenvalue weighted by atomic mass is 35.5. The number of rotatable bonds is 10. The van der Waals surface area contributed by atoms with Crippen molar-refractivity contribution in [3.8, 4) is 0 Å². The molecule has 0 unspecified atom stereocenters. The van der Waals surface area contributed by atoms with E-state index in [2.05, 4.69) is 6.58 Å². The van der Waals surface area contributed by atoms with Gasteiger partial charge in [0.15, 0.2) is 0 Å². The van der Waals surface area contributed by atoms with Gasteiger partial charge in [-0.05, 0) is 30.9 Å². The minimum atomic E-state index is -1.44. The molecule has 0 aliphatic rings. The number of ketones is 3. The molecule has 0 aromatic carbocycles. The molecule has 0 radical (unpaired) electrons. The van der Waals surface area contributed by atoms with Crippen LogP contribution in [-0.4, -0.2) is 22.6 Å². The Labute approximate surface area is 105 Å². The number of unbranched alkanes of at least 4 members (excludes halogenated alkanes) is 4. The molecule has 0 N–H and O–H groups in total. The molecule has 0 amide bonds. The van der Waals surface area contributed by atoms with Gasteiger partial charge in [0.2, 0.25) is 5.78 Å². The number of carbonyl (C=O) groups is 4. The Morgan fingerprint density at radius 1 is 0.941 bits per heavy atom. The van der Waals surface area contributed by atoms with E-state index in [1.807, 2.05) is 6.08 Å². The van der Waals surface area contributed by atoms with Gasteiger partial charge in [-0.25, -0.2) is 0 Å². The zero-order chi connectivity index (χ0) is 13.3. The van der Waals surface area contributed by atoms with Crippen LogP contribution in [-0.2, 0) is 19.2 Å².